The van der Waals surface area contributed by atoms with Gasteiger partial charge in [-0.1, -0.05) is 23.2 Å². The van der Waals surface area contributed by atoms with Crippen LogP contribution in [0.5, 0.6) is 0 Å². The molecule has 0 saturated heterocycles. The van der Waals surface area contributed by atoms with E-state index in [2.05, 4.69) is 15.6 Å². The standard InChI is InChI=1S/C12H19Cl2N3O/c1-5-15-10-8(13)6-9(14)11(17-10)16-7-12(2,3)18-4/h6H,5,7H2,1-4H3,(H2,15,16,17). The lowest BCUT2D eigenvalue weighted by Crippen LogP contribution is -2.32. The molecule has 0 saturated carbocycles. The number of halogens is 2. The van der Waals surface area contributed by atoms with E-state index in [9.17, 15) is 0 Å². The normalized spacial score (nSPS) is 11.4. The zero-order valence-corrected chi connectivity index (χ0v) is 12.6. The van der Waals surface area contributed by atoms with Crippen molar-refractivity contribution in [3.63, 3.8) is 0 Å². The third kappa shape index (κ3) is 4.19. The Hall–Kier alpha value is -0.710. The van der Waals surface area contributed by atoms with E-state index in [-0.39, 0.29) is 5.60 Å². The molecule has 1 aromatic rings. The molecule has 0 radical (unpaired) electrons. The van der Waals surface area contributed by atoms with Crippen LogP contribution in [0.3, 0.4) is 0 Å². The van der Waals surface area contributed by atoms with Crippen molar-refractivity contribution in [2.75, 3.05) is 30.8 Å². The van der Waals surface area contributed by atoms with E-state index in [0.717, 1.165) is 6.54 Å². The number of hydrogen-bond donors (Lipinski definition) is 2. The molecule has 1 aromatic heterocycles. The van der Waals surface area contributed by atoms with Crippen molar-refractivity contribution in [1.82, 2.24) is 4.98 Å². The van der Waals surface area contributed by atoms with Crippen LogP contribution in [0.15, 0.2) is 6.07 Å². The summed E-state index contributed by atoms with van der Waals surface area (Å²) in [5, 5.41) is 7.25. The summed E-state index contributed by atoms with van der Waals surface area (Å²) in [6.07, 6.45) is 0. The molecule has 0 aliphatic rings. The molecule has 0 aromatic carbocycles. The van der Waals surface area contributed by atoms with Crippen molar-refractivity contribution in [2.24, 2.45) is 0 Å². The van der Waals surface area contributed by atoms with E-state index >= 15 is 0 Å². The average molecular weight is 292 g/mol. The summed E-state index contributed by atoms with van der Waals surface area (Å²) in [4.78, 5) is 4.36. The Labute approximate surface area is 118 Å². The Kier molecular flexibility index (Phi) is 5.50. The van der Waals surface area contributed by atoms with Crippen molar-refractivity contribution in [2.45, 2.75) is 26.4 Å². The average Bonchev–Trinajstić information content (AvgIpc) is 2.31. The van der Waals surface area contributed by atoms with E-state index in [1.54, 1.807) is 13.2 Å². The highest BCUT2D eigenvalue weighted by atomic mass is 35.5. The highest BCUT2D eigenvalue weighted by molar-refractivity contribution is 6.37. The summed E-state index contributed by atoms with van der Waals surface area (Å²) >= 11 is 12.1. The largest absolute Gasteiger partial charge is 0.377 e. The van der Waals surface area contributed by atoms with Gasteiger partial charge in [0.05, 0.1) is 15.6 Å². The first kappa shape index (κ1) is 15.3. The molecule has 0 amide bonds. The highest BCUT2D eigenvalue weighted by Crippen LogP contribution is 2.29. The minimum absolute atomic E-state index is 0.289. The first-order chi connectivity index (χ1) is 8.39. The van der Waals surface area contributed by atoms with Gasteiger partial charge >= 0.3 is 0 Å². The Morgan fingerprint density at radius 1 is 1.22 bits per heavy atom. The third-order valence-electron chi connectivity index (χ3n) is 2.51. The topological polar surface area (TPSA) is 46.2 Å². The van der Waals surface area contributed by atoms with E-state index in [0.29, 0.717) is 28.2 Å². The van der Waals surface area contributed by atoms with Crippen LogP contribution in [0.4, 0.5) is 11.6 Å². The molecule has 0 aliphatic heterocycles. The predicted molar refractivity (Wildman–Crippen MR) is 78.0 cm³/mol. The number of ether oxygens (including phenoxy) is 1. The first-order valence-electron chi connectivity index (χ1n) is 5.78. The van der Waals surface area contributed by atoms with Crippen molar-refractivity contribution in [3.8, 4) is 0 Å². The highest BCUT2D eigenvalue weighted by Gasteiger charge is 2.17. The van der Waals surface area contributed by atoms with E-state index < -0.39 is 0 Å². The minimum Gasteiger partial charge on any atom is -0.377 e. The molecule has 0 bridgehead atoms. The van der Waals surface area contributed by atoms with Crippen molar-refractivity contribution >= 4 is 34.8 Å². The maximum absolute atomic E-state index is 6.10. The Bertz CT molecular complexity index is 411. The Morgan fingerprint density at radius 2 is 1.78 bits per heavy atom. The van der Waals surface area contributed by atoms with E-state index in [4.69, 9.17) is 27.9 Å². The molecule has 1 heterocycles. The van der Waals surface area contributed by atoms with Crippen LogP contribution in [0.1, 0.15) is 20.8 Å². The summed E-state index contributed by atoms with van der Waals surface area (Å²) in [7, 11) is 1.67. The van der Waals surface area contributed by atoms with Gasteiger partial charge in [0.25, 0.3) is 0 Å². The Balaban J connectivity index is 2.85. The van der Waals surface area contributed by atoms with Crippen LogP contribution >= 0.6 is 23.2 Å². The van der Waals surface area contributed by atoms with Crippen LogP contribution in [-0.4, -0.2) is 30.8 Å². The lowest BCUT2D eigenvalue weighted by molar-refractivity contribution is 0.0343. The van der Waals surface area contributed by atoms with Gasteiger partial charge in [0.2, 0.25) is 0 Å². The number of aromatic nitrogens is 1. The molecular formula is C12H19Cl2N3O. The van der Waals surface area contributed by atoms with Gasteiger partial charge in [-0.2, -0.15) is 0 Å². The molecule has 0 atom stereocenters. The lowest BCUT2D eigenvalue weighted by Gasteiger charge is -2.24. The van der Waals surface area contributed by atoms with Gasteiger partial charge in [-0.15, -0.1) is 0 Å². The monoisotopic (exact) mass is 291 g/mol. The fourth-order valence-electron chi connectivity index (χ4n) is 1.25. The quantitative estimate of drug-likeness (QED) is 0.840. The molecule has 2 N–H and O–H groups in total. The summed E-state index contributed by atoms with van der Waals surface area (Å²) in [5.74, 6) is 1.23. The molecule has 102 valence electrons. The predicted octanol–water partition coefficient (Wildman–Crippen LogP) is 3.66. The van der Waals surface area contributed by atoms with Gasteiger partial charge in [-0.25, -0.2) is 4.98 Å². The second-order valence-corrected chi connectivity index (χ2v) is 5.31. The Morgan fingerprint density at radius 3 is 2.28 bits per heavy atom. The third-order valence-corrected chi connectivity index (χ3v) is 3.08. The number of nitrogens with zero attached hydrogens (tertiary/aromatic N) is 1. The molecule has 0 spiro atoms. The molecule has 0 aliphatic carbocycles. The molecule has 18 heavy (non-hydrogen) atoms. The van der Waals surface area contributed by atoms with Crippen LogP contribution in [-0.2, 0) is 4.74 Å². The van der Waals surface area contributed by atoms with Crippen LogP contribution in [0, 0.1) is 0 Å². The first-order valence-corrected chi connectivity index (χ1v) is 6.54. The van der Waals surface area contributed by atoms with Gasteiger partial charge in [0, 0.05) is 20.2 Å². The molecule has 4 nitrogen and oxygen atoms in total. The maximum atomic E-state index is 6.10. The number of hydrogen-bond acceptors (Lipinski definition) is 4. The molecule has 0 fully saturated rings. The zero-order chi connectivity index (χ0) is 13.8. The number of pyridine rings is 1. The van der Waals surface area contributed by atoms with Crippen molar-refractivity contribution < 1.29 is 4.74 Å². The molecule has 1 rings (SSSR count). The maximum Gasteiger partial charge on any atom is 0.147 e. The van der Waals surface area contributed by atoms with Gasteiger partial charge in [0.1, 0.15) is 11.6 Å². The summed E-state index contributed by atoms with van der Waals surface area (Å²) in [6.45, 7) is 7.29. The number of methoxy groups -OCH3 is 1. The van der Waals surface area contributed by atoms with Crippen molar-refractivity contribution in [1.29, 1.82) is 0 Å². The minimum atomic E-state index is -0.289. The van der Waals surface area contributed by atoms with Gasteiger partial charge in [0.15, 0.2) is 0 Å². The fourth-order valence-corrected chi connectivity index (χ4v) is 1.74. The fraction of sp³-hybridized carbons (Fsp3) is 0.583. The van der Waals surface area contributed by atoms with Gasteiger partial charge in [-0.3, -0.25) is 0 Å². The van der Waals surface area contributed by atoms with E-state index in [1.165, 1.54) is 0 Å². The second-order valence-electron chi connectivity index (χ2n) is 4.50. The molecule has 6 heteroatoms. The van der Waals surface area contributed by atoms with Crippen LogP contribution < -0.4 is 10.6 Å². The smallest absolute Gasteiger partial charge is 0.147 e. The van der Waals surface area contributed by atoms with E-state index in [1.807, 2.05) is 20.8 Å². The number of rotatable bonds is 6. The molecular weight excluding hydrogens is 273 g/mol. The lowest BCUT2D eigenvalue weighted by atomic mass is 10.1. The number of anilines is 2. The summed E-state index contributed by atoms with van der Waals surface area (Å²) < 4.78 is 5.33. The van der Waals surface area contributed by atoms with Crippen LogP contribution in [0.2, 0.25) is 10.0 Å². The van der Waals surface area contributed by atoms with Crippen LogP contribution in [0.25, 0.3) is 0 Å². The summed E-state index contributed by atoms with van der Waals surface area (Å²) in [6, 6.07) is 1.68. The number of nitrogens with one attached hydrogen (secondary N) is 2. The zero-order valence-electron chi connectivity index (χ0n) is 11.1. The van der Waals surface area contributed by atoms with Gasteiger partial charge in [-0.05, 0) is 26.8 Å². The SMILES string of the molecule is CCNc1nc(NCC(C)(C)OC)c(Cl)cc1Cl. The van der Waals surface area contributed by atoms with Crippen molar-refractivity contribution in [3.05, 3.63) is 16.1 Å². The second kappa shape index (κ2) is 6.45. The van der Waals surface area contributed by atoms with Gasteiger partial charge < -0.3 is 15.4 Å². The summed E-state index contributed by atoms with van der Waals surface area (Å²) in [5.41, 5.74) is -0.289. The molecule has 0 unspecified atom stereocenters.